The molecule has 4 rings (SSSR count). The number of carbonyl (C=O) groups is 1. The molecular weight excluding hydrogens is 468 g/mol. The zero-order chi connectivity index (χ0) is 25.0. The number of hydrogen-bond donors (Lipinski definition) is 1. The van der Waals surface area contributed by atoms with Crippen LogP contribution in [0.15, 0.2) is 64.1 Å². The summed E-state index contributed by atoms with van der Waals surface area (Å²) in [5.74, 6) is 0.171. The van der Waals surface area contributed by atoms with Crippen molar-refractivity contribution in [3.8, 4) is 16.9 Å². The van der Waals surface area contributed by atoms with Gasteiger partial charge in [-0.3, -0.25) is 4.72 Å². The third-order valence-corrected chi connectivity index (χ3v) is 7.38. The average molecular weight is 497 g/mol. The fourth-order valence-corrected chi connectivity index (χ4v) is 5.31. The van der Waals surface area contributed by atoms with Gasteiger partial charge in [0.2, 0.25) is 0 Å². The molecule has 0 fully saturated rings. The van der Waals surface area contributed by atoms with Gasteiger partial charge in [-0.05, 0) is 42.9 Å². The number of esters is 1. The SMILES string of the molecule is CCN(CC)CC=Cc1ccccc1S(=O)(=O)Nc1ccc2c(c1C(=O)OC)OCc1occc1-2. The van der Waals surface area contributed by atoms with Gasteiger partial charge in [0.25, 0.3) is 10.0 Å². The van der Waals surface area contributed by atoms with Gasteiger partial charge in [0.05, 0.1) is 24.0 Å². The molecule has 0 radical (unpaired) electrons. The zero-order valence-electron chi connectivity index (χ0n) is 19.9. The quantitative estimate of drug-likeness (QED) is 0.426. The Balaban J connectivity index is 1.71. The monoisotopic (exact) mass is 496 g/mol. The van der Waals surface area contributed by atoms with Gasteiger partial charge in [-0.25, -0.2) is 13.2 Å². The number of furan rings is 1. The van der Waals surface area contributed by atoms with Gasteiger partial charge >= 0.3 is 5.97 Å². The van der Waals surface area contributed by atoms with Gasteiger partial charge in [0, 0.05) is 17.7 Å². The van der Waals surface area contributed by atoms with Crippen LogP contribution in [0.4, 0.5) is 5.69 Å². The number of hydrogen-bond acceptors (Lipinski definition) is 7. The Morgan fingerprint density at radius 2 is 1.89 bits per heavy atom. The van der Waals surface area contributed by atoms with Crippen LogP contribution in [-0.4, -0.2) is 46.0 Å². The number of likely N-dealkylation sites (N-methyl/N-ethyl adjacent to an activating group) is 1. The number of ether oxygens (including phenoxy) is 2. The van der Waals surface area contributed by atoms with Gasteiger partial charge in [-0.2, -0.15) is 0 Å². The van der Waals surface area contributed by atoms with Crippen LogP contribution in [0.5, 0.6) is 5.75 Å². The molecule has 2 aromatic carbocycles. The summed E-state index contributed by atoms with van der Waals surface area (Å²) >= 11 is 0. The maximum atomic E-state index is 13.5. The van der Waals surface area contributed by atoms with E-state index in [0.29, 0.717) is 23.4 Å². The molecule has 1 aliphatic heterocycles. The molecule has 0 aliphatic carbocycles. The van der Waals surface area contributed by atoms with Crippen LogP contribution in [-0.2, 0) is 21.4 Å². The molecule has 0 saturated heterocycles. The predicted octanol–water partition coefficient (Wildman–Crippen LogP) is 4.78. The van der Waals surface area contributed by atoms with Crippen molar-refractivity contribution in [1.82, 2.24) is 4.90 Å². The van der Waals surface area contributed by atoms with Gasteiger partial charge in [0.1, 0.15) is 23.7 Å². The number of sulfonamides is 1. The smallest absolute Gasteiger partial charge is 0.343 e. The second-order valence-electron chi connectivity index (χ2n) is 7.93. The van der Waals surface area contributed by atoms with E-state index in [4.69, 9.17) is 13.9 Å². The molecule has 0 saturated carbocycles. The Morgan fingerprint density at radius 1 is 1.11 bits per heavy atom. The maximum absolute atomic E-state index is 13.5. The summed E-state index contributed by atoms with van der Waals surface area (Å²) < 4.78 is 45.7. The minimum atomic E-state index is -4.04. The van der Waals surface area contributed by atoms with Crippen LogP contribution in [0.25, 0.3) is 17.2 Å². The lowest BCUT2D eigenvalue weighted by atomic mass is 9.98. The van der Waals surface area contributed by atoms with E-state index < -0.39 is 16.0 Å². The van der Waals surface area contributed by atoms with E-state index >= 15 is 0 Å². The lowest BCUT2D eigenvalue weighted by Gasteiger charge is -2.22. The van der Waals surface area contributed by atoms with Crippen LogP contribution in [0.2, 0.25) is 0 Å². The molecule has 0 unspecified atom stereocenters. The molecule has 0 spiro atoms. The summed E-state index contributed by atoms with van der Waals surface area (Å²) in [6, 6.07) is 11.7. The highest BCUT2D eigenvalue weighted by Gasteiger charge is 2.30. The van der Waals surface area contributed by atoms with Crippen LogP contribution < -0.4 is 9.46 Å². The number of benzene rings is 2. The molecule has 35 heavy (non-hydrogen) atoms. The number of nitrogens with zero attached hydrogens (tertiary/aromatic N) is 1. The molecule has 3 aromatic rings. The number of anilines is 1. The van der Waals surface area contributed by atoms with Crippen molar-refractivity contribution >= 4 is 27.8 Å². The summed E-state index contributed by atoms with van der Waals surface area (Å²) in [4.78, 5) is 15.0. The van der Waals surface area contributed by atoms with E-state index in [2.05, 4.69) is 23.5 Å². The number of nitrogens with one attached hydrogen (secondary N) is 1. The molecule has 0 atom stereocenters. The molecule has 9 heteroatoms. The Bertz CT molecular complexity index is 1360. The zero-order valence-corrected chi connectivity index (χ0v) is 20.7. The standard InChI is InChI=1S/C26H28N2O6S/c1-4-28(5-2)15-8-10-18-9-6-7-11-23(18)35(30,31)27-21-13-12-20-19-14-16-33-22(19)17-34-25(20)24(21)26(29)32-3/h6-14,16,27H,4-5,15,17H2,1-3H3. The topological polar surface area (TPSA) is 98.1 Å². The third-order valence-electron chi connectivity index (χ3n) is 5.94. The van der Waals surface area contributed by atoms with E-state index in [1.165, 1.54) is 19.2 Å². The van der Waals surface area contributed by atoms with Crippen molar-refractivity contribution in [2.75, 3.05) is 31.5 Å². The molecule has 1 N–H and O–H groups in total. The van der Waals surface area contributed by atoms with E-state index in [-0.39, 0.29) is 28.5 Å². The fraction of sp³-hybridized carbons (Fsp3) is 0.269. The molecular formula is C26H28N2O6S. The Kier molecular flexibility index (Phi) is 7.28. The van der Waals surface area contributed by atoms with E-state index in [1.807, 2.05) is 6.08 Å². The molecule has 1 aromatic heterocycles. The summed E-state index contributed by atoms with van der Waals surface area (Å²) in [6.45, 7) is 6.79. The first-order chi connectivity index (χ1) is 16.9. The lowest BCUT2D eigenvalue weighted by molar-refractivity contribution is 0.0596. The normalized spacial score (nSPS) is 12.8. The second-order valence-corrected chi connectivity index (χ2v) is 9.58. The number of methoxy groups -OCH3 is 1. The maximum Gasteiger partial charge on any atom is 0.343 e. The van der Waals surface area contributed by atoms with Crippen molar-refractivity contribution in [2.24, 2.45) is 0 Å². The molecule has 0 amide bonds. The van der Waals surface area contributed by atoms with Gasteiger partial charge in [-0.15, -0.1) is 0 Å². The van der Waals surface area contributed by atoms with Gasteiger partial charge in [0.15, 0.2) is 0 Å². The summed E-state index contributed by atoms with van der Waals surface area (Å²) in [5, 5.41) is 0. The van der Waals surface area contributed by atoms with Crippen LogP contribution in [0, 0.1) is 0 Å². The van der Waals surface area contributed by atoms with Crippen LogP contribution in [0.1, 0.15) is 35.5 Å². The van der Waals surface area contributed by atoms with Crippen LogP contribution >= 0.6 is 0 Å². The number of fused-ring (bicyclic) bond motifs is 3. The Morgan fingerprint density at radius 3 is 2.63 bits per heavy atom. The second kappa shape index (κ2) is 10.4. The predicted molar refractivity (Wildman–Crippen MR) is 134 cm³/mol. The van der Waals surface area contributed by atoms with Gasteiger partial charge in [-0.1, -0.05) is 44.2 Å². The van der Waals surface area contributed by atoms with E-state index in [1.54, 1.807) is 42.7 Å². The van der Waals surface area contributed by atoms with Crippen molar-refractivity contribution in [3.05, 3.63) is 71.7 Å². The minimum absolute atomic E-state index is 0.00924. The Labute approximate surface area is 205 Å². The highest BCUT2D eigenvalue weighted by Crippen LogP contribution is 2.43. The number of rotatable bonds is 9. The highest BCUT2D eigenvalue weighted by molar-refractivity contribution is 7.92. The van der Waals surface area contributed by atoms with Crippen molar-refractivity contribution in [3.63, 3.8) is 0 Å². The molecule has 184 valence electrons. The van der Waals surface area contributed by atoms with Crippen molar-refractivity contribution in [2.45, 2.75) is 25.3 Å². The van der Waals surface area contributed by atoms with Gasteiger partial charge < -0.3 is 18.8 Å². The summed E-state index contributed by atoms with van der Waals surface area (Å²) in [7, 11) is -2.80. The van der Waals surface area contributed by atoms with Crippen molar-refractivity contribution < 1.29 is 27.1 Å². The molecule has 0 bridgehead atoms. The first-order valence-electron chi connectivity index (χ1n) is 11.3. The van der Waals surface area contributed by atoms with E-state index in [0.717, 1.165) is 18.7 Å². The first-order valence-corrected chi connectivity index (χ1v) is 12.8. The molecule has 1 aliphatic rings. The lowest BCUT2D eigenvalue weighted by Crippen LogP contribution is -2.22. The third kappa shape index (κ3) is 4.96. The Hall–Kier alpha value is -3.56. The highest BCUT2D eigenvalue weighted by atomic mass is 32.2. The largest absolute Gasteiger partial charge is 0.484 e. The van der Waals surface area contributed by atoms with E-state index in [9.17, 15) is 13.2 Å². The summed E-state index contributed by atoms with van der Waals surface area (Å²) in [5.41, 5.74) is 2.04. The fourth-order valence-electron chi connectivity index (χ4n) is 4.04. The molecule has 8 nitrogen and oxygen atoms in total. The molecule has 2 heterocycles. The minimum Gasteiger partial charge on any atom is -0.484 e. The number of carbonyl (C=O) groups excluding carboxylic acids is 1. The summed E-state index contributed by atoms with van der Waals surface area (Å²) in [6.07, 6.45) is 5.28. The average Bonchev–Trinajstić information content (AvgIpc) is 3.35. The first kappa shape index (κ1) is 24.6. The van der Waals surface area contributed by atoms with Crippen molar-refractivity contribution in [1.29, 1.82) is 0 Å². The van der Waals surface area contributed by atoms with Crippen LogP contribution in [0.3, 0.4) is 0 Å².